The van der Waals surface area contributed by atoms with E-state index in [-0.39, 0.29) is 0 Å². The topological polar surface area (TPSA) is 87.2 Å². The number of fused-ring (bicyclic) bond motifs is 4. The van der Waals surface area contributed by atoms with Crippen LogP contribution in [-0.4, -0.2) is 38.7 Å². The Hall–Kier alpha value is -3.91. The number of nitrogens with one attached hydrogen (secondary N) is 2. The molecule has 0 spiro atoms. The highest BCUT2D eigenvalue weighted by Gasteiger charge is 2.15. The van der Waals surface area contributed by atoms with Crippen molar-refractivity contribution in [2.75, 3.05) is 35.3 Å². The van der Waals surface area contributed by atoms with E-state index in [1.54, 1.807) is 12.3 Å². The Morgan fingerprint density at radius 2 is 1.64 bits per heavy atom. The molecule has 0 aliphatic rings. The van der Waals surface area contributed by atoms with Gasteiger partial charge in [0.1, 0.15) is 0 Å². The number of aromatic nitrogens is 2. The summed E-state index contributed by atoms with van der Waals surface area (Å²) in [5.41, 5.74) is 5.79. The third-order valence-electron chi connectivity index (χ3n) is 5.47. The number of para-hydroxylation sites is 1. The predicted octanol–water partition coefficient (Wildman–Crippen LogP) is 5.12. The van der Waals surface area contributed by atoms with Crippen LogP contribution in [0.5, 0.6) is 0 Å². The SMILES string of the molecule is CN(C)c1cc(NS(C)(=O)=O)ccc1Nc1c2ccccc2nc2c1ccc1ncccc12. The maximum atomic E-state index is 11.7. The van der Waals surface area contributed by atoms with Crippen LogP contribution in [0.1, 0.15) is 0 Å². The first kappa shape index (κ1) is 21.0. The highest BCUT2D eigenvalue weighted by atomic mass is 32.2. The van der Waals surface area contributed by atoms with E-state index in [9.17, 15) is 8.42 Å². The van der Waals surface area contributed by atoms with Crippen LogP contribution in [0, 0.1) is 0 Å². The molecule has 2 heterocycles. The Morgan fingerprint density at radius 1 is 0.848 bits per heavy atom. The van der Waals surface area contributed by atoms with Crippen LogP contribution in [0.3, 0.4) is 0 Å². The van der Waals surface area contributed by atoms with E-state index in [1.807, 2.05) is 79.7 Å². The predicted molar refractivity (Wildman–Crippen MR) is 137 cm³/mol. The summed E-state index contributed by atoms with van der Waals surface area (Å²) in [5.74, 6) is 0. The zero-order chi connectivity index (χ0) is 23.2. The normalized spacial score (nSPS) is 11.7. The summed E-state index contributed by atoms with van der Waals surface area (Å²) in [6.45, 7) is 0. The molecule has 0 saturated carbocycles. The van der Waals surface area contributed by atoms with Crippen molar-refractivity contribution in [3.05, 3.63) is 72.9 Å². The summed E-state index contributed by atoms with van der Waals surface area (Å²) in [6, 6.07) is 21.5. The summed E-state index contributed by atoms with van der Waals surface area (Å²) in [7, 11) is 0.474. The Kier molecular flexibility index (Phi) is 5.02. The molecule has 33 heavy (non-hydrogen) atoms. The van der Waals surface area contributed by atoms with Crippen molar-refractivity contribution in [3.63, 3.8) is 0 Å². The van der Waals surface area contributed by atoms with Crippen LogP contribution in [0.15, 0.2) is 72.9 Å². The molecule has 0 aliphatic heterocycles. The summed E-state index contributed by atoms with van der Waals surface area (Å²) < 4.78 is 26.0. The Bertz CT molecular complexity index is 1630. The molecule has 166 valence electrons. The average molecular weight is 458 g/mol. The first-order chi connectivity index (χ1) is 15.8. The minimum atomic E-state index is -3.37. The summed E-state index contributed by atoms with van der Waals surface area (Å²) in [6.07, 6.45) is 2.92. The molecular formula is C25H23N5O2S. The Labute approximate surface area is 192 Å². The van der Waals surface area contributed by atoms with Crippen molar-refractivity contribution in [2.45, 2.75) is 0 Å². The molecule has 7 nitrogen and oxygen atoms in total. The average Bonchev–Trinajstić information content (AvgIpc) is 2.78. The molecule has 0 aliphatic carbocycles. The van der Waals surface area contributed by atoms with Gasteiger partial charge >= 0.3 is 0 Å². The van der Waals surface area contributed by atoms with Crippen molar-refractivity contribution < 1.29 is 8.42 Å². The monoisotopic (exact) mass is 457 g/mol. The lowest BCUT2D eigenvalue weighted by atomic mass is 10.0. The quantitative estimate of drug-likeness (QED) is 0.281. The molecule has 3 aromatic carbocycles. The minimum absolute atomic E-state index is 0.508. The second kappa shape index (κ2) is 7.90. The molecule has 8 heteroatoms. The number of anilines is 4. The van der Waals surface area contributed by atoms with E-state index >= 15 is 0 Å². The fourth-order valence-electron chi connectivity index (χ4n) is 4.06. The maximum Gasteiger partial charge on any atom is 0.229 e. The van der Waals surface area contributed by atoms with Gasteiger partial charge in [0.15, 0.2) is 0 Å². The van der Waals surface area contributed by atoms with Gasteiger partial charge in [0, 0.05) is 36.5 Å². The minimum Gasteiger partial charge on any atom is -0.376 e. The Balaban J connectivity index is 1.74. The molecule has 0 saturated heterocycles. The van der Waals surface area contributed by atoms with Gasteiger partial charge in [-0.15, -0.1) is 0 Å². The highest BCUT2D eigenvalue weighted by molar-refractivity contribution is 7.92. The molecule has 0 fully saturated rings. The molecule has 0 amide bonds. The van der Waals surface area contributed by atoms with Crippen molar-refractivity contribution in [2.24, 2.45) is 0 Å². The number of benzene rings is 3. The lowest BCUT2D eigenvalue weighted by molar-refractivity contribution is 0.607. The van der Waals surface area contributed by atoms with E-state index in [0.717, 1.165) is 56.0 Å². The van der Waals surface area contributed by atoms with Crippen LogP contribution in [0.4, 0.5) is 22.7 Å². The van der Waals surface area contributed by atoms with E-state index < -0.39 is 10.0 Å². The van der Waals surface area contributed by atoms with Gasteiger partial charge in [0.2, 0.25) is 10.0 Å². The molecule has 0 unspecified atom stereocenters. The van der Waals surface area contributed by atoms with E-state index in [1.165, 1.54) is 0 Å². The summed E-state index contributed by atoms with van der Waals surface area (Å²) >= 11 is 0. The molecule has 2 N–H and O–H groups in total. The third-order valence-corrected chi connectivity index (χ3v) is 6.08. The number of hydrogen-bond donors (Lipinski definition) is 2. The van der Waals surface area contributed by atoms with Gasteiger partial charge in [-0.3, -0.25) is 9.71 Å². The fraction of sp³-hybridized carbons (Fsp3) is 0.120. The van der Waals surface area contributed by atoms with Crippen LogP contribution in [0.2, 0.25) is 0 Å². The molecule has 0 bridgehead atoms. The van der Waals surface area contributed by atoms with Gasteiger partial charge in [-0.2, -0.15) is 0 Å². The molecular weight excluding hydrogens is 434 g/mol. The molecule has 5 aromatic rings. The third kappa shape index (κ3) is 4.01. The van der Waals surface area contributed by atoms with E-state index in [2.05, 4.69) is 15.0 Å². The first-order valence-electron chi connectivity index (χ1n) is 10.4. The number of nitrogens with zero attached hydrogens (tertiary/aromatic N) is 3. The first-order valence-corrected chi connectivity index (χ1v) is 12.3. The van der Waals surface area contributed by atoms with Gasteiger partial charge in [0.05, 0.1) is 45.6 Å². The van der Waals surface area contributed by atoms with E-state index in [4.69, 9.17) is 4.98 Å². The van der Waals surface area contributed by atoms with Crippen LogP contribution < -0.4 is 14.9 Å². The van der Waals surface area contributed by atoms with Crippen molar-refractivity contribution in [1.82, 2.24) is 9.97 Å². The Morgan fingerprint density at radius 3 is 2.42 bits per heavy atom. The molecule has 2 aromatic heterocycles. The molecule has 0 radical (unpaired) electrons. The number of rotatable bonds is 5. The smallest absolute Gasteiger partial charge is 0.229 e. The summed E-state index contributed by atoms with van der Waals surface area (Å²) in [5, 5.41) is 6.59. The lowest BCUT2D eigenvalue weighted by Crippen LogP contribution is -2.14. The van der Waals surface area contributed by atoms with Crippen LogP contribution in [-0.2, 0) is 10.0 Å². The molecule has 5 rings (SSSR count). The zero-order valence-electron chi connectivity index (χ0n) is 18.5. The van der Waals surface area contributed by atoms with Crippen molar-refractivity contribution in [1.29, 1.82) is 0 Å². The zero-order valence-corrected chi connectivity index (χ0v) is 19.3. The second-order valence-corrected chi connectivity index (χ2v) is 9.91. The van der Waals surface area contributed by atoms with Gasteiger partial charge < -0.3 is 10.2 Å². The number of pyridine rings is 2. The highest BCUT2D eigenvalue weighted by Crippen LogP contribution is 2.38. The van der Waals surface area contributed by atoms with Gasteiger partial charge in [-0.1, -0.05) is 18.2 Å². The van der Waals surface area contributed by atoms with Gasteiger partial charge in [0.25, 0.3) is 0 Å². The van der Waals surface area contributed by atoms with E-state index in [0.29, 0.717) is 5.69 Å². The molecule has 0 atom stereocenters. The second-order valence-electron chi connectivity index (χ2n) is 8.16. The van der Waals surface area contributed by atoms with Crippen LogP contribution in [0.25, 0.3) is 32.7 Å². The number of sulfonamides is 1. The van der Waals surface area contributed by atoms with Gasteiger partial charge in [-0.25, -0.2) is 13.4 Å². The van der Waals surface area contributed by atoms with Crippen molar-refractivity contribution >= 4 is 65.5 Å². The standard InChI is InChI=1S/C25H23N5O2S/c1-30(2)23-15-16(29-33(3,31)32)10-12-22(23)28-25-18-7-4-5-9-21(18)27-24-17-8-6-14-26-20(17)13-11-19(24)25/h4-15,29H,1-3H3,(H,27,28). The van der Waals surface area contributed by atoms with Crippen molar-refractivity contribution in [3.8, 4) is 0 Å². The summed E-state index contributed by atoms with van der Waals surface area (Å²) in [4.78, 5) is 11.4. The number of hydrogen-bond acceptors (Lipinski definition) is 6. The largest absolute Gasteiger partial charge is 0.376 e. The van der Waals surface area contributed by atoms with Gasteiger partial charge in [-0.05, 0) is 48.5 Å². The fourth-order valence-corrected chi connectivity index (χ4v) is 4.62. The maximum absolute atomic E-state index is 11.7. The lowest BCUT2D eigenvalue weighted by Gasteiger charge is -2.21. The van der Waals surface area contributed by atoms with Crippen LogP contribution >= 0.6 is 0 Å².